The first kappa shape index (κ1) is 31.3. The molecule has 1 aromatic heterocycles. The summed E-state index contributed by atoms with van der Waals surface area (Å²) in [6, 6.07) is 10.9. The third-order valence-corrected chi connectivity index (χ3v) is 11.3. The lowest BCUT2D eigenvalue weighted by Gasteiger charge is -2.42. The van der Waals surface area contributed by atoms with E-state index in [1.165, 1.54) is 32.5 Å². The highest BCUT2D eigenvalue weighted by Crippen LogP contribution is 2.36. The summed E-state index contributed by atoms with van der Waals surface area (Å²) in [4.78, 5) is 26.9. The average molecular weight is 624 g/mol. The van der Waals surface area contributed by atoms with Gasteiger partial charge in [-0.25, -0.2) is 18.1 Å². The molecule has 44 heavy (non-hydrogen) atoms. The van der Waals surface area contributed by atoms with Crippen molar-refractivity contribution >= 4 is 38.9 Å². The number of nitrogens with zero attached hydrogens (tertiary/aromatic N) is 5. The fourth-order valence-corrected chi connectivity index (χ4v) is 8.40. The molecule has 240 valence electrons. The number of amides is 1. The normalized spacial score (nSPS) is 25.4. The standard InChI is InChI=1S/C33H49N7O3S/c1-23(2)21-40-24(3)33(41)37(4)30-14-15-31(35-32(30)40)34-27-6-5-7-29(20-27)44(42,43)36-26-10-12-28(13-11-26)39-18-16-38(17-19-39)22-25-8-9-25/h5-7,14-15,20,23-26,28,36H,8-13,16-19,21-22H2,1-4H3,(H,34,35)/t24-,26-,28-/m1/s1. The molecular formula is C33H49N7O3S. The van der Waals surface area contributed by atoms with Crippen molar-refractivity contribution in [3.63, 3.8) is 0 Å². The van der Waals surface area contributed by atoms with E-state index in [1.807, 2.05) is 25.1 Å². The molecule has 3 heterocycles. The van der Waals surface area contributed by atoms with E-state index in [0.29, 0.717) is 30.0 Å². The lowest BCUT2D eigenvalue weighted by Crippen LogP contribution is -2.52. The Morgan fingerprint density at radius 2 is 1.70 bits per heavy atom. The highest BCUT2D eigenvalue weighted by atomic mass is 32.2. The zero-order valence-corrected chi connectivity index (χ0v) is 27.5. The summed E-state index contributed by atoms with van der Waals surface area (Å²) in [7, 11) is -1.89. The molecule has 0 unspecified atom stereocenters. The van der Waals surface area contributed by atoms with Crippen molar-refractivity contribution in [1.82, 2.24) is 19.5 Å². The van der Waals surface area contributed by atoms with E-state index in [-0.39, 0.29) is 22.9 Å². The van der Waals surface area contributed by atoms with E-state index in [2.05, 4.69) is 38.6 Å². The van der Waals surface area contributed by atoms with Crippen molar-refractivity contribution in [2.45, 2.75) is 82.3 Å². The van der Waals surface area contributed by atoms with Gasteiger partial charge < -0.3 is 20.0 Å². The zero-order chi connectivity index (χ0) is 31.0. The Morgan fingerprint density at radius 1 is 0.977 bits per heavy atom. The number of hydrogen-bond acceptors (Lipinski definition) is 8. The maximum Gasteiger partial charge on any atom is 0.249 e. The Bertz CT molecular complexity index is 1430. The molecule has 2 aliphatic carbocycles. The first-order chi connectivity index (χ1) is 21.1. The smallest absolute Gasteiger partial charge is 0.249 e. The molecule has 0 radical (unpaired) electrons. The monoisotopic (exact) mass is 623 g/mol. The predicted octanol–water partition coefficient (Wildman–Crippen LogP) is 4.27. The SMILES string of the molecule is CC(C)CN1c2nc(Nc3cccc(S(=O)(=O)N[C@H]4CC[C@H](N5CCN(CC6CC6)CC5)CC4)c3)ccc2N(C)C(=O)[C@H]1C. The molecule has 3 fully saturated rings. The van der Waals surface area contributed by atoms with Crippen molar-refractivity contribution in [2.75, 3.05) is 61.4 Å². The number of carbonyl (C=O) groups is 1. The second-order valence-electron chi connectivity index (χ2n) is 13.7. The van der Waals surface area contributed by atoms with Crippen LogP contribution in [0.1, 0.15) is 59.3 Å². The van der Waals surface area contributed by atoms with Crippen LogP contribution in [0.4, 0.5) is 23.0 Å². The fraction of sp³-hybridized carbons (Fsp3) is 0.636. The number of pyridine rings is 1. The number of nitrogens with one attached hydrogen (secondary N) is 2. The van der Waals surface area contributed by atoms with Gasteiger partial charge in [0.1, 0.15) is 11.9 Å². The third-order valence-electron chi connectivity index (χ3n) is 9.78. The van der Waals surface area contributed by atoms with Gasteiger partial charge in [-0.2, -0.15) is 0 Å². The summed E-state index contributed by atoms with van der Waals surface area (Å²) in [5.74, 6) is 2.70. The molecule has 4 aliphatic rings. The molecule has 2 aliphatic heterocycles. The van der Waals surface area contributed by atoms with Crippen LogP contribution >= 0.6 is 0 Å². The summed E-state index contributed by atoms with van der Waals surface area (Å²) in [6.07, 6.45) is 6.62. The number of hydrogen-bond donors (Lipinski definition) is 2. The number of sulfonamides is 1. The second-order valence-corrected chi connectivity index (χ2v) is 15.4. The highest BCUT2D eigenvalue weighted by Gasteiger charge is 2.35. The number of anilines is 4. The zero-order valence-electron chi connectivity index (χ0n) is 26.7. The fourth-order valence-electron chi connectivity index (χ4n) is 7.05. The maximum absolute atomic E-state index is 13.4. The van der Waals surface area contributed by atoms with Crippen molar-refractivity contribution in [3.05, 3.63) is 36.4 Å². The Balaban J connectivity index is 1.07. The number of likely N-dealkylation sites (N-methyl/N-ethyl adjacent to an activating group) is 1. The van der Waals surface area contributed by atoms with E-state index in [4.69, 9.17) is 4.98 Å². The number of piperazine rings is 1. The van der Waals surface area contributed by atoms with Crippen LogP contribution < -0.4 is 19.8 Å². The van der Waals surface area contributed by atoms with Gasteiger partial charge >= 0.3 is 0 Å². The lowest BCUT2D eigenvalue weighted by atomic mass is 9.90. The molecule has 0 bridgehead atoms. The van der Waals surface area contributed by atoms with Gasteiger partial charge in [-0.1, -0.05) is 19.9 Å². The summed E-state index contributed by atoms with van der Waals surface area (Å²) in [6.45, 7) is 12.8. The van der Waals surface area contributed by atoms with Gasteiger partial charge in [0.05, 0.1) is 10.6 Å². The Kier molecular flexibility index (Phi) is 9.20. The molecule has 2 saturated carbocycles. The van der Waals surface area contributed by atoms with Crippen molar-refractivity contribution in [2.24, 2.45) is 11.8 Å². The molecule has 1 saturated heterocycles. The van der Waals surface area contributed by atoms with Crippen molar-refractivity contribution in [3.8, 4) is 0 Å². The maximum atomic E-state index is 13.4. The molecular weight excluding hydrogens is 574 g/mol. The topological polar surface area (TPSA) is 101 Å². The minimum atomic E-state index is -3.67. The van der Waals surface area contributed by atoms with Gasteiger partial charge in [-0.05, 0) is 87.6 Å². The predicted molar refractivity (Wildman–Crippen MR) is 176 cm³/mol. The van der Waals surface area contributed by atoms with Crippen LogP contribution in [-0.2, 0) is 14.8 Å². The largest absolute Gasteiger partial charge is 0.343 e. The summed E-state index contributed by atoms with van der Waals surface area (Å²) < 4.78 is 29.9. The second kappa shape index (κ2) is 12.9. The van der Waals surface area contributed by atoms with E-state index in [0.717, 1.165) is 56.2 Å². The van der Waals surface area contributed by atoms with Crippen molar-refractivity contribution in [1.29, 1.82) is 0 Å². The minimum absolute atomic E-state index is 0.0417. The van der Waals surface area contributed by atoms with E-state index in [9.17, 15) is 13.2 Å². The minimum Gasteiger partial charge on any atom is -0.343 e. The Morgan fingerprint density at radius 3 is 2.39 bits per heavy atom. The van der Waals surface area contributed by atoms with E-state index >= 15 is 0 Å². The van der Waals surface area contributed by atoms with Crippen molar-refractivity contribution < 1.29 is 13.2 Å². The van der Waals surface area contributed by atoms with Gasteiger partial charge in [-0.15, -0.1) is 0 Å². The number of rotatable bonds is 10. The quantitative estimate of drug-likeness (QED) is 0.405. The summed E-state index contributed by atoms with van der Waals surface area (Å²) in [5.41, 5.74) is 1.42. The molecule has 1 aromatic carbocycles. The molecule has 0 spiro atoms. The number of benzene rings is 1. The molecule has 1 amide bonds. The van der Waals surface area contributed by atoms with Crippen LogP contribution in [0.5, 0.6) is 0 Å². The molecule has 6 rings (SSSR count). The number of aromatic nitrogens is 1. The van der Waals surface area contributed by atoms with Gasteiger partial charge in [0.15, 0.2) is 5.82 Å². The molecule has 2 aromatic rings. The van der Waals surface area contributed by atoms with Gasteiger partial charge in [0.2, 0.25) is 15.9 Å². The Labute approximate surface area is 263 Å². The molecule has 1 atom stereocenters. The first-order valence-corrected chi connectivity index (χ1v) is 18.0. The Hall–Kier alpha value is -2.73. The van der Waals surface area contributed by atoms with Crippen LogP contribution in [0.25, 0.3) is 0 Å². The third kappa shape index (κ3) is 7.06. The average Bonchev–Trinajstić information content (AvgIpc) is 3.83. The van der Waals surface area contributed by atoms with Crippen LogP contribution in [0.3, 0.4) is 0 Å². The lowest BCUT2D eigenvalue weighted by molar-refractivity contribution is -0.119. The first-order valence-electron chi connectivity index (χ1n) is 16.5. The molecule has 11 heteroatoms. The molecule has 10 nitrogen and oxygen atoms in total. The van der Waals surface area contributed by atoms with E-state index < -0.39 is 10.0 Å². The van der Waals surface area contributed by atoms with Crippen LogP contribution in [0.2, 0.25) is 0 Å². The van der Waals surface area contributed by atoms with Gasteiger partial charge in [-0.3, -0.25) is 9.69 Å². The highest BCUT2D eigenvalue weighted by molar-refractivity contribution is 7.89. The van der Waals surface area contributed by atoms with E-state index in [1.54, 1.807) is 30.1 Å². The van der Waals surface area contributed by atoms with Crippen LogP contribution in [-0.4, -0.2) is 93.6 Å². The van der Waals surface area contributed by atoms with Gasteiger partial charge in [0.25, 0.3) is 0 Å². The molecule has 2 N–H and O–H groups in total. The van der Waals surface area contributed by atoms with Crippen LogP contribution in [0, 0.1) is 11.8 Å². The number of fused-ring (bicyclic) bond motifs is 1. The number of carbonyl (C=O) groups excluding carboxylic acids is 1. The summed E-state index contributed by atoms with van der Waals surface area (Å²) >= 11 is 0. The summed E-state index contributed by atoms with van der Waals surface area (Å²) in [5, 5.41) is 3.30. The van der Waals surface area contributed by atoms with Gasteiger partial charge in [0, 0.05) is 64.1 Å². The van der Waals surface area contributed by atoms with Crippen LogP contribution in [0.15, 0.2) is 41.3 Å².